The van der Waals surface area contributed by atoms with Gasteiger partial charge in [-0.05, 0) is 42.5 Å². The average molecular weight is 455 g/mol. The van der Waals surface area contributed by atoms with Gasteiger partial charge in [-0.15, -0.1) is 0 Å². The van der Waals surface area contributed by atoms with Crippen LogP contribution >= 0.6 is 11.6 Å². The SMILES string of the molecule is O=C(Nc1cnc(N2CCN(c3ccccc3F)CC2)c(C(=O)O)c1)c1ccc(Cl)cc1. The summed E-state index contributed by atoms with van der Waals surface area (Å²) in [6.07, 6.45) is 1.43. The number of pyridine rings is 1. The molecule has 2 N–H and O–H groups in total. The predicted octanol–water partition coefficient (Wildman–Crippen LogP) is 4.15. The fourth-order valence-corrected chi connectivity index (χ4v) is 3.73. The van der Waals surface area contributed by atoms with Gasteiger partial charge >= 0.3 is 5.97 Å². The number of piperazine rings is 1. The Morgan fingerprint density at radius 3 is 2.31 bits per heavy atom. The number of rotatable bonds is 5. The number of hydrogen-bond acceptors (Lipinski definition) is 5. The van der Waals surface area contributed by atoms with Crippen LogP contribution in [0.3, 0.4) is 0 Å². The third-order valence-corrected chi connectivity index (χ3v) is 5.49. The molecule has 32 heavy (non-hydrogen) atoms. The molecule has 2 heterocycles. The minimum atomic E-state index is -1.15. The van der Waals surface area contributed by atoms with Gasteiger partial charge in [0, 0.05) is 36.8 Å². The standard InChI is InChI=1S/C23H20ClFN4O3/c24-16-7-5-15(6-8-16)22(30)27-17-13-18(23(31)32)21(26-14-17)29-11-9-28(10-12-29)20-4-2-1-3-19(20)25/h1-8,13-14H,9-12H2,(H,27,30)(H,31,32). The molecule has 0 unspecified atom stereocenters. The van der Waals surface area contributed by atoms with Gasteiger partial charge in [0.2, 0.25) is 0 Å². The second kappa shape index (κ2) is 9.23. The molecule has 0 radical (unpaired) electrons. The van der Waals surface area contributed by atoms with Gasteiger partial charge < -0.3 is 20.2 Å². The minimum Gasteiger partial charge on any atom is -0.478 e. The van der Waals surface area contributed by atoms with Crippen molar-refractivity contribution in [1.82, 2.24) is 4.98 Å². The number of aromatic carboxylic acids is 1. The number of para-hydroxylation sites is 1. The Balaban J connectivity index is 1.49. The van der Waals surface area contributed by atoms with Gasteiger partial charge in [-0.3, -0.25) is 4.79 Å². The number of carbonyl (C=O) groups excluding carboxylic acids is 1. The lowest BCUT2D eigenvalue weighted by atomic mass is 10.1. The molecular weight excluding hydrogens is 435 g/mol. The molecule has 7 nitrogen and oxygen atoms in total. The summed E-state index contributed by atoms with van der Waals surface area (Å²) in [7, 11) is 0. The van der Waals surface area contributed by atoms with Gasteiger partial charge in [0.15, 0.2) is 0 Å². The van der Waals surface area contributed by atoms with E-state index in [2.05, 4.69) is 10.3 Å². The van der Waals surface area contributed by atoms with Crippen LogP contribution in [0.2, 0.25) is 5.02 Å². The topological polar surface area (TPSA) is 85.8 Å². The second-order valence-corrected chi connectivity index (χ2v) is 7.72. The maximum absolute atomic E-state index is 14.1. The summed E-state index contributed by atoms with van der Waals surface area (Å²) < 4.78 is 14.1. The Morgan fingerprint density at radius 1 is 1.00 bits per heavy atom. The zero-order valence-corrected chi connectivity index (χ0v) is 17.7. The van der Waals surface area contributed by atoms with Crippen LogP contribution in [-0.2, 0) is 0 Å². The fourth-order valence-electron chi connectivity index (χ4n) is 3.61. The lowest BCUT2D eigenvalue weighted by Crippen LogP contribution is -2.47. The number of anilines is 3. The van der Waals surface area contributed by atoms with Crippen molar-refractivity contribution in [2.45, 2.75) is 0 Å². The summed E-state index contributed by atoms with van der Waals surface area (Å²) in [5.41, 5.74) is 1.17. The molecule has 2 aromatic carbocycles. The summed E-state index contributed by atoms with van der Waals surface area (Å²) in [6, 6.07) is 14.3. The maximum Gasteiger partial charge on any atom is 0.339 e. The van der Waals surface area contributed by atoms with Gasteiger partial charge in [-0.25, -0.2) is 14.2 Å². The highest BCUT2D eigenvalue weighted by molar-refractivity contribution is 6.30. The first-order chi connectivity index (χ1) is 15.4. The molecule has 1 amide bonds. The molecule has 164 valence electrons. The van der Waals surface area contributed by atoms with Crippen LogP contribution in [0.4, 0.5) is 21.6 Å². The van der Waals surface area contributed by atoms with Crippen LogP contribution in [0.1, 0.15) is 20.7 Å². The number of hydrogen-bond donors (Lipinski definition) is 2. The molecule has 0 spiro atoms. The number of amides is 1. The highest BCUT2D eigenvalue weighted by atomic mass is 35.5. The smallest absolute Gasteiger partial charge is 0.339 e. The van der Waals surface area contributed by atoms with Crippen LogP contribution < -0.4 is 15.1 Å². The molecular formula is C23H20ClFN4O3. The molecule has 1 aliphatic rings. The Morgan fingerprint density at radius 2 is 1.66 bits per heavy atom. The summed E-state index contributed by atoms with van der Waals surface area (Å²) in [5.74, 6) is -1.51. The largest absolute Gasteiger partial charge is 0.478 e. The summed E-state index contributed by atoms with van der Waals surface area (Å²) >= 11 is 5.84. The van der Waals surface area contributed by atoms with Crippen molar-refractivity contribution in [1.29, 1.82) is 0 Å². The molecule has 0 bridgehead atoms. The van der Waals surface area contributed by atoms with Crippen LogP contribution in [0.25, 0.3) is 0 Å². The van der Waals surface area contributed by atoms with Crippen molar-refractivity contribution in [3.8, 4) is 0 Å². The number of carbonyl (C=O) groups is 2. The number of nitrogens with one attached hydrogen (secondary N) is 1. The van der Waals surface area contributed by atoms with Crippen LogP contribution in [0.5, 0.6) is 0 Å². The molecule has 3 aromatic rings. The van der Waals surface area contributed by atoms with Crippen LogP contribution in [0, 0.1) is 5.82 Å². The summed E-state index contributed by atoms with van der Waals surface area (Å²) in [5, 5.41) is 12.9. The van der Waals surface area contributed by atoms with E-state index in [1.54, 1.807) is 42.5 Å². The average Bonchev–Trinajstić information content (AvgIpc) is 2.80. The number of benzene rings is 2. The third-order valence-electron chi connectivity index (χ3n) is 5.23. The zero-order valence-electron chi connectivity index (χ0n) is 17.0. The van der Waals surface area contributed by atoms with Crippen molar-refractivity contribution < 1.29 is 19.1 Å². The molecule has 1 aliphatic heterocycles. The lowest BCUT2D eigenvalue weighted by Gasteiger charge is -2.37. The number of carboxylic acid groups (broad SMARTS) is 1. The van der Waals surface area contributed by atoms with Gasteiger partial charge in [-0.2, -0.15) is 0 Å². The first kappa shape index (κ1) is 21.6. The molecule has 0 saturated carbocycles. The Bertz CT molecular complexity index is 1150. The van der Waals surface area contributed by atoms with Crippen molar-refractivity contribution >= 4 is 40.7 Å². The van der Waals surface area contributed by atoms with E-state index in [0.717, 1.165) is 0 Å². The molecule has 0 aliphatic carbocycles. The monoisotopic (exact) mass is 454 g/mol. The van der Waals surface area contributed by atoms with E-state index in [-0.39, 0.29) is 17.1 Å². The first-order valence-electron chi connectivity index (χ1n) is 9.97. The van der Waals surface area contributed by atoms with Gasteiger partial charge in [0.05, 0.1) is 17.6 Å². The fraction of sp³-hybridized carbons (Fsp3) is 0.174. The number of carboxylic acids is 1. The highest BCUT2D eigenvalue weighted by Crippen LogP contribution is 2.26. The minimum absolute atomic E-state index is 0.0155. The molecule has 1 aromatic heterocycles. The van der Waals surface area contributed by atoms with E-state index in [4.69, 9.17) is 11.6 Å². The highest BCUT2D eigenvalue weighted by Gasteiger charge is 2.24. The van der Waals surface area contributed by atoms with E-state index in [1.165, 1.54) is 18.3 Å². The molecule has 1 fully saturated rings. The van der Waals surface area contributed by atoms with E-state index in [9.17, 15) is 19.1 Å². The zero-order chi connectivity index (χ0) is 22.7. The normalized spacial score (nSPS) is 13.7. The van der Waals surface area contributed by atoms with E-state index in [1.807, 2.05) is 9.80 Å². The Hall–Kier alpha value is -3.65. The molecule has 4 rings (SSSR count). The summed E-state index contributed by atoms with van der Waals surface area (Å²) in [6.45, 7) is 2.02. The molecule has 0 atom stereocenters. The first-order valence-corrected chi connectivity index (χ1v) is 10.3. The predicted molar refractivity (Wildman–Crippen MR) is 121 cm³/mol. The van der Waals surface area contributed by atoms with Crippen LogP contribution in [-0.4, -0.2) is 48.1 Å². The van der Waals surface area contributed by atoms with Gasteiger partial charge in [-0.1, -0.05) is 23.7 Å². The second-order valence-electron chi connectivity index (χ2n) is 7.29. The Kier molecular flexibility index (Phi) is 6.23. The van der Waals surface area contributed by atoms with Crippen molar-refractivity contribution in [3.05, 3.63) is 82.8 Å². The van der Waals surface area contributed by atoms with E-state index < -0.39 is 11.9 Å². The third kappa shape index (κ3) is 4.65. The maximum atomic E-state index is 14.1. The number of aromatic nitrogens is 1. The number of halogens is 2. The van der Waals surface area contributed by atoms with Crippen molar-refractivity contribution in [2.75, 3.05) is 41.3 Å². The van der Waals surface area contributed by atoms with Gasteiger partial charge in [0.25, 0.3) is 5.91 Å². The molecule has 1 saturated heterocycles. The van der Waals surface area contributed by atoms with E-state index in [0.29, 0.717) is 48.3 Å². The van der Waals surface area contributed by atoms with Crippen molar-refractivity contribution in [3.63, 3.8) is 0 Å². The quantitative estimate of drug-likeness (QED) is 0.602. The summed E-state index contributed by atoms with van der Waals surface area (Å²) in [4.78, 5) is 32.4. The van der Waals surface area contributed by atoms with E-state index >= 15 is 0 Å². The Labute approximate surface area is 189 Å². The molecule has 9 heteroatoms. The van der Waals surface area contributed by atoms with Gasteiger partial charge in [0.1, 0.15) is 17.2 Å². The van der Waals surface area contributed by atoms with Crippen molar-refractivity contribution in [2.24, 2.45) is 0 Å². The number of nitrogens with zero attached hydrogens (tertiary/aromatic N) is 3. The lowest BCUT2D eigenvalue weighted by molar-refractivity contribution is 0.0696. The van der Waals surface area contributed by atoms with Crippen LogP contribution in [0.15, 0.2) is 60.8 Å².